The Hall–Kier alpha value is -4.19. The average Bonchev–Trinajstić information content (AvgIpc) is 3.22. The fourth-order valence-electron chi connectivity index (χ4n) is 3.64. The van der Waals surface area contributed by atoms with Gasteiger partial charge in [-0.25, -0.2) is 4.39 Å². The summed E-state index contributed by atoms with van der Waals surface area (Å²) in [7, 11) is 2.87. The fraction of sp³-hybridized carbons (Fsp3) is 0.280. The Balaban J connectivity index is 2.34. The molecule has 1 aromatic heterocycles. The first-order valence-corrected chi connectivity index (χ1v) is 11.8. The quantitative estimate of drug-likeness (QED) is 0.405. The monoisotopic (exact) mass is 529 g/mol. The second kappa shape index (κ2) is 10.8. The molecule has 3 rings (SSSR count). The van der Waals surface area contributed by atoms with E-state index in [0.29, 0.717) is 17.3 Å². The number of ether oxygens (including phenoxy) is 2. The molecular formula is C25H28FN5O5S. The lowest BCUT2D eigenvalue weighted by Gasteiger charge is -2.34. The van der Waals surface area contributed by atoms with Gasteiger partial charge in [0.2, 0.25) is 5.91 Å². The molecule has 2 aromatic carbocycles. The zero-order valence-corrected chi connectivity index (χ0v) is 21.8. The van der Waals surface area contributed by atoms with E-state index in [4.69, 9.17) is 20.9 Å². The number of primary amides is 1. The number of rotatable bonds is 8. The molecule has 12 heteroatoms. The van der Waals surface area contributed by atoms with E-state index in [2.05, 4.69) is 9.69 Å². The van der Waals surface area contributed by atoms with Crippen LogP contribution in [0.15, 0.2) is 42.5 Å². The summed E-state index contributed by atoms with van der Waals surface area (Å²) in [6.07, 6.45) is 0. The summed E-state index contributed by atoms with van der Waals surface area (Å²) in [5.41, 5.74) is 10.5. The maximum Gasteiger partial charge on any atom is 0.273 e. The predicted molar refractivity (Wildman–Crippen MR) is 138 cm³/mol. The number of hydrogen-bond donors (Lipinski definition) is 3. The van der Waals surface area contributed by atoms with Crippen LogP contribution in [0.1, 0.15) is 52.5 Å². The Morgan fingerprint density at radius 3 is 2.35 bits per heavy atom. The zero-order chi connectivity index (χ0) is 27.5. The number of nitrogen functional groups attached to an aromatic ring is 1. The topological polar surface area (TPSA) is 150 Å². The van der Waals surface area contributed by atoms with E-state index in [9.17, 15) is 18.8 Å². The highest BCUT2D eigenvalue weighted by Crippen LogP contribution is 2.38. The van der Waals surface area contributed by atoms with Gasteiger partial charge in [0, 0.05) is 16.8 Å². The number of nitrogens with zero attached hydrogens (tertiary/aromatic N) is 2. The van der Waals surface area contributed by atoms with Crippen molar-refractivity contribution in [2.24, 2.45) is 5.73 Å². The number of nitrogens with one attached hydrogen (secondary N) is 1. The van der Waals surface area contributed by atoms with E-state index >= 15 is 0 Å². The van der Waals surface area contributed by atoms with E-state index in [1.54, 1.807) is 39.0 Å². The molecule has 5 N–H and O–H groups in total. The van der Waals surface area contributed by atoms with Crippen LogP contribution in [-0.2, 0) is 4.79 Å². The van der Waals surface area contributed by atoms with Crippen molar-refractivity contribution in [2.45, 2.75) is 32.4 Å². The number of nitrogens with two attached hydrogens (primary N) is 2. The number of anilines is 2. The molecule has 0 aliphatic heterocycles. The van der Waals surface area contributed by atoms with Gasteiger partial charge in [-0.1, -0.05) is 6.07 Å². The number of methoxy groups -OCH3 is 2. The van der Waals surface area contributed by atoms with Crippen LogP contribution in [0.25, 0.3) is 0 Å². The van der Waals surface area contributed by atoms with Crippen LogP contribution in [0.2, 0.25) is 0 Å². The summed E-state index contributed by atoms with van der Waals surface area (Å²) in [6, 6.07) is 8.58. The molecule has 0 unspecified atom stereocenters. The molecule has 0 spiro atoms. The van der Waals surface area contributed by atoms with Crippen LogP contribution in [0.5, 0.6) is 11.5 Å². The van der Waals surface area contributed by atoms with Gasteiger partial charge >= 0.3 is 0 Å². The SMILES string of the molecule is COc1ccc(OC)c([C@H](C(=O)NC(C)(C)C)N(C(=O)c2snc(C(N)=O)c2N)c2cccc(F)c2)c1. The Labute approximate surface area is 217 Å². The third-order valence-corrected chi connectivity index (χ3v) is 6.05. The van der Waals surface area contributed by atoms with Crippen molar-refractivity contribution in [3.05, 3.63) is 64.4 Å². The molecule has 0 aliphatic rings. The number of carbonyl (C=O) groups is 3. The Bertz CT molecular complexity index is 1340. The van der Waals surface area contributed by atoms with Crippen LogP contribution < -0.4 is 31.2 Å². The first kappa shape index (κ1) is 27.4. The number of hydrogen-bond acceptors (Lipinski definition) is 8. The molecule has 1 atom stereocenters. The summed E-state index contributed by atoms with van der Waals surface area (Å²) >= 11 is 0.646. The van der Waals surface area contributed by atoms with Gasteiger partial charge in [-0.2, -0.15) is 4.37 Å². The number of aromatic nitrogens is 1. The van der Waals surface area contributed by atoms with E-state index < -0.39 is 35.1 Å². The van der Waals surface area contributed by atoms with Gasteiger partial charge in [-0.3, -0.25) is 19.3 Å². The summed E-state index contributed by atoms with van der Waals surface area (Å²) in [6.45, 7) is 5.33. The second-order valence-electron chi connectivity index (χ2n) is 9.04. The number of carbonyl (C=O) groups excluding carboxylic acids is 3. The molecule has 0 fully saturated rings. The Morgan fingerprint density at radius 1 is 1.11 bits per heavy atom. The van der Waals surface area contributed by atoms with Crippen LogP contribution in [0.3, 0.4) is 0 Å². The van der Waals surface area contributed by atoms with Gasteiger partial charge in [0.05, 0.1) is 19.9 Å². The predicted octanol–water partition coefficient (Wildman–Crippen LogP) is 3.28. The molecular weight excluding hydrogens is 501 g/mol. The summed E-state index contributed by atoms with van der Waals surface area (Å²) in [4.78, 5) is 40.6. The molecule has 1 heterocycles. The summed E-state index contributed by atoms with van der Waals surface area (Å²) < 4.78 is 29.2. The maximum atomic E-state index is 14.4. The van der Waals surface area contributed by atoms with Crippen molar-refractivity contribution in [1.82, 2.24) is 9.69 Å². The molecule has 3 amide bonds. The maximum absolute atomic E-state index is 14.4. The third kappa shape index (κ3) is 5.97. The molecule has 3 aromatic rings. The largest absolute Gasteiger partial charge is 0.497 e. The highest BCUT2D eigenvalue weighted by Gasteiger charge is 2.39. The smallest absolute Gasteiger partial charge is 0.273 e. The van der Waals surface area contributed by atoms with Crippen molar-refractivity contribution < 1.29 is 28.2 Å². The summed E-state index contributed by atoms with van der Waals surface area (Å²) in [5, 5.41) is 2.88. The van der Waals surface area contributed by atoms with E-state index in [-0.39, 0.29) is 33.3 Å². The van der Waals surface area contributed by atoms with Crippen LogP contribution >= 0.6 is 11.5 Å². The Morgan fingerprint density at radius 2 is 1.81 bits per heavy atom. The molecule has 37 heavy (non-hydrogen) atoms. The van der Waals surface area contributed by atoms with Crippen molar-refractivity contribution in [2.75, 3.05) is 24.9 Å². The fourth-order valence-corrected chi connectivity index (χ4v) is 4.38. The van der Waals surface area contributed by atoms with Crippen LogP contribution in [0, 0.1) is 5.82 Å². The van der Waals surface area contributed by atoms with E-state index in [1.807, 2.05) is 0 Å². The van der Waals surface area contributed by atoms with Crippen molar-refractivity contribution in [3.63, 3.8) is 0 Å². The van der Waals surface area contributed by atoms with Gasteiger partial charge in [0.15, 0.2) is 5.69 Å². The van der Waals surface area contributed by atoms with Crippen LogP contribution in [-0.4, -0.2) is 41.9 Å². The second-order valence-corrected chi connectivity index (χ2v) is 9.82. The molecule has 196 valence electrons. The van der Waals surface area contributed by atoms with Gasteiger partial charge in [-0.05, 0) is 68.7 Å². The lowest BCUT2D eigenvalue weighted by atomic mass is 9.99. The lowest BCUT2D eigenvalue weighted by molar-refractivity contribution is -0.123. The third-order valence-electron chi connectivity index (χ3n) is 5.20. The van der Waals surface area contributed by atoms with Gasteiger partial charge in [-0.15, -0.1) is 0 Å². The number of benzene rings is 2. The van der Waals surface area contributed by atoms with E-state index in [1.165, 1.54) is 32.4 Å². The minimum atomic E-state index is -1.38. The van der Waals surface area contributed by atoms with Crippen molar-refractivity contribution in [3.8, 4) is 11.5 Å². The number of amides is 3. The average molecular weight is 530 g/mol. The lowest BCUT2D eigenvalue weighted by Crippen LogP contribution is -2.49. The minimum absolute atomic E-state index is 0.0531. The molecule has 0 saturated heterocycles. The highest BCUT2D eigenvalue weighted by molar-refractivity contribution is 7.09. The van der Waals surface area contributed by atoms with Gasteiger partial charge < -0.3 is 26.3 Å². The molecule has 10 nitrogen and oxygen atoms in total. The zero-order valence-electron chi connectivity index (χ0n) is 21.0. The highest BCUT2D eigenvalue weighted by atomic mass is 32.1. The normalized spacial score (nSPS) is 11.9. The Kier molecular flexibility index (Phi) is 8.02. The van der Waals surface area contributed by atoms with Crippen molar-refractivity contribution in [1.29, 1.82) is 0 Å². The van der Waals surface area contributed by atoms with Crippen molar-refractivity contribution >= 4 is 40.6 Å². The molecule has 0 saturated carbocycles. The first-order chi connectivity index (χ1) is 17.4. The first-order valence-electron chi connectivity index (χ1n) is 11.1. The summed E-state index contributed by atoms with van der Waals surface area (Å²) in [5.74, 6) is -2.27. The van der Waals surface area contributed by atoms with Gasteiger partial charge in [0.25, 0.3) is 11.8 Å². The van der Waals surface area contributed by atoms with Crippen LogP contribution in [0.4, 0.5) is 15.8 Å². The minimum Gasteiger partial charge on any atom is -0.497 e. The molecule has 0 aliphatic carbocycles. The molecule has 0 bridgehead atoms. The van der Waals surface area contributed by atoms with E-state index in [0.717, 1.165) is 11.0 Å². The molecule has 0 radical (unpaired) electrons. The standard InChI is InChI=1S/C25H28FN5O5S/c1-25(2,3)29-23(33)20(16-12-15(35-4)9-10-17(16)36-5)31(14-8-6-7-13(26)11-14)24(34)21-18(27)19(22(28)32)30-37-21/h6-12,20H,27H2,1-5H3,(H2,28,32)(H,29,33)/t20-/m1/s1. The van der Waals surface area contributed by atoms with Gasteiger partial charge in [0.1, 0.15) is 28.2 Å². The number of halogens is 1.